The fourth-order valence-electron chi connectivity index (χ4n) is 3.28. The molecule has 27 heavy (non-hydrogen) atoms. The summed E-state index contributed by atoms with van der Waals surface area (Å²) < 4.78 is 10.8. The van der Waals surface area contributed by atoms with Crippen molar-refractivity contribution in [2.24, 2.45) is 10.9 Å². The summed E-state index contributed by atoms with van der Waals surface area (Å²) >= 11 is 0. The second-order valence-electron chi connectivity index (χ2n) is 6.80. The Bertz CT molecular complexity index is 673. The van der Waals surface area contributed by atoms with Crippen LogP contribution in [0, 0.1) is 5.92 Å². The predicted octanol–water partition coefficient (Wildman–Crippen LogP) is 2.88. The van der Waals surface area contributed by atoms with Crippen molar-refractivity contribution in [3.63, 3.8) is 0 Å². The quantitative estimate of drug-likeness (QED) is 0.404. The maximum absolute atomic E-state index is 5.59. The lowest BCUT2D eigenvalue weighted by Crippen LogP contribution is -2.40. The molecule has 6 heteroatoms. The first-order chi connectivity index (χ1) is 13.3. The van der Waals surface area contributed by atoms with Crippen LogP contribution in [0.25, 0.3) is 0 Å². The molecule has 1 aromatic heterocycles. The van der Waals surface area contributed by atoms with Gasteiger partial charge >= 0.3 is 0 Å². The van der Waals surface area contributed by atoms with E-state index in [0.717, 1.165) is 44.3 Å². The Morgan fingerprint density at radius 1 is 1.22 bits per heavy atom. The van der Waals surface area contributed by atoms with Crippen LogP contribution in [-0.4, -0.2) is 45.8 Å². The fourth-order valence-corrected chi connectivity index (χ4v) is 3.28. The largest absolute Gasteiger partial charge is 0.467 e. The lowest BCUT2D eigenvalue weighted by atomic mass is 10.1. The second kappa shape index (κ2) is 10.6. The van der Waals surface area contributed by atoms with E-state index in [0.29, 0.717) is 19.1 Å². The maximum Gasteiger partial charge on any atom is 0.190 e. The van der Waals surface area contributed by atoms with Crippen LogP contribution in [0.15, 0.2) is 58.1 Å². The maximum atomic E-state index is 5.59. The average Bonchev–Trinajstić information content (AvgIpc) is 3.39. The summed E-state index contributed by atoms with van der Waals surface area (Å²) in [6.07, 6.45) is 3.80. The molecule has 0 spiro atoms. The normalized spacial score (nSPS) is 17.3. The molecule has 3 rings (SSSR count). The van der Waals surface area contributed by atoms with E-state index in [4.69, 9.17) is 9.15 Å². The van der Waals surface area contributed by atoms with E-state index < -0.39 is 0 Å². The van der Waals surface area contributed by atoms with E-state index in [9.17, 15) is 0 Å². The molecule has 0 saturated carbocycles. The van der Waals surface area contributed by atoms with E-state index in [-0.39, 0.29) is 0 Å². The highest BCUT2D eigenvalue weighted by atomic mass is 16.5. The number of rotatable bonds is 9. The molecule has 6 nitrogen and oxygen atoms in total. The van der Waals surface area contributed by atoms with Gasteiger partial charge in [-0.15, -0.1) is 0 Å². The SMILES string of the molecule is CN=C(NCCCOCc1ccco1)NCC1CCN(c2ccccc2)C1. The van der Waals surface area contributed by atoms with Gasteiger partial charge in [0.25, 0.3) is 0 Å². The van der Waals surface area contributed by atoms with Crippen LogP contribution in [0.1, 0.15) is 18.6 Å². The number of nitrogens with one attached hydrogen (secondary N) is 2. The van der Waals surface area contributed by atoms with Gasteiger partial charge in [-0.2, -0.15) is 0 Å². The number of ether oxygens (including phenoxy) is 1. The number of furan rings is 1. The third-order valence-corrected chi connectivity index (χ3v) is 4.77. The molecule has 2 N–H and O–H groups in total. The van der Waals surface area contributed by atoms with Crippen molar-refractivity contribution in [3.05, 3.63) is 54.5 Å². The van der Waals surface area contributed by atoms with Crippen LogP contribution in [0.4, 0.5) is 5.69 Å². The topological polar surface area (TPSA) is 62.0 Å². The summed E-state index contributed by atoms with van der Waals surface area (Å²) in [5.41, 5.74) is 1.32. The van der Waals surface area contributed by atoms with Gasteiger partial charge in [-0.05, 0) is 43.0 Å². The first-order valence-electron chi connectivity index (χ1n) is 9.70. The van der Waals surface area contributed by atoms with E-state index in [2.05, 4.69) is 50.9 Å². The smallest absolute Gasteiger partial charge is 0.190 e. The molecule has 0 aliphatic carbocycles. The number of hydrogen-bond acceptors (Lipinski definition) is 4. The molecule has 0 bridgehead atoms. The van der Waals surface area contributed by atoms with E-state index >= 15 is 0 Å². The minimum absolute atomic E-state index is 0.527. The standard InChI is InChI=1S/C21H30N4O2/c1-22-21(23-11-6-13-26-17-20-9-5-14-27-20)24-15-18-10-12-25(16-18)19-7-3-2-4-8-19/h2-5,7-9,14,18H,6,10-13,15-17H2,1H3,(H2,22,23,24). The van der Waals surface area contributed by atoms with Crippen LogP contribution in [0.3, 0.4) is 0 Å². The van der Waals surface area contributed by atoms with Crippen molar-refractivity contribution in [1.29, 1.82) is 0 Å². The van der Waals surface area contributed by atoms with Crippen molar-refractivity contribution < 1.29 is 9.15 Å². The minimum Gasteiger partial charge on any atom is -0.467 e. The molecular formula is C21H30N4O2. The molecule has 2 aromatic rings. The van der Waals surface area contributed by atoms with Gasteiger partial charge in [0.2, 0.25) is 0 Å². The molecule has 1 saturated heterocycles. The van der Waals surface area contributed by atoms with Crippen LogP contribution < -0.4 is 15.5 Å². The molecule has 0 amide bonds. The molecule has 1 atom stereocenters. The molecular weight excluding hydrogens is 340 g/mol. The van der Waals surface area contributed by atoms with Crippen LogP contribution >= 0.6 is 0 Å². The number of hydrogen-bond donors (Lipinski definition) is 2. The summed E-state index contributed by atoms with van der Waals surface area (Å²) in [5, 5.41) is 6.80. The van der Waals surface area contributed by atoms with Gasteiger partial charge in [0.15, 0.2) is 5.96 Å². The van der Waals surface area contributed by atoms with Crippen molar-refractivity contribution in [1.82, 2.24) is 10.6 Å². The minimum atomic E-state index is 0.527. The molecule has 1 aromatic carbocycles. The summed E-state index contributed by atoms with van der Waals surface area (Å²) in [5.74, 6) is 2.36. The van der Waals surface area contributed by atoms with Gasteiger partial charge in [0.05, 0.1) is 6.26 Å². The predicted molar refractivity (Wildman–Crippen MR) is 109 cm³/mol. The summed E-state index contributed by atoms with van der Waals surface area (Å²) in [6.45, 7) is 5.21. The Kier molecular flexibility index (Phi) is 7.59. The van der Waals surface area contributed by atoms with Crippen LogP contribution in [0.2, 0.25) is 0 Å². The Morgan fingerprint density at radius 3 is 2.89 bits per heavy atom. The summed E-state index contributed by atoms with van der Waals surface area (Å²) in [4.78, 5) is 6.77. The molecule has 1 aliphatic rings. The van der Waals surface area contributed by atoms with Crippen molar-refractivity contribution in [2.75, 3.05) is 44.7 Å². The van der Waals surface area contributed by atoms with Gasteiger partial charge in [-0.3, -0.25) is 4.99 Å². The van der Waals surface area contributed by atoms with Gasteiger partial charge in [0.1, 0.15) is 12.4 Å². The van der Waals surface area contributed by atoms with Gasteiger partial charge in [-0.25, -0.2) is 0 Å². The average molecular weight is 370 g/mol. The van der Waals surface area contributed by atoms with Crippen LogP contribution in [0.5, 0.6) is 0 Å². The summed E-state index contributed by atoms with van der Waals surface area (Å²) in [6, 6.07) is 14.4. The molecule has 1 unspecified atom stereocenters. The first-order valence-corrected chi connectivity index (χ1v) is 9.70. The molecule has 146 valence electrons. The van der Waals surface area contributed by atoms with E-state index in [1.54, 1.807) is 6.26 Å². The number of benzene rings is 1. The van der Waals surface area contributed by atoms with E-state index in [1.807, 2.05) is 19.2 Å². The van der Waals surface area contributed by atoms with Gasteiger partial charge < -0.3 is 24.7 Å². The highest BCUT2D eigenvalue weighted by molar-refractivity contribution is 5.79. The Hall–Kier alpha value is -2.47. The molecule has 1 aliphatic heterocycles. The Labute approximate surface area is 161 Å². The van der Waals surface area contributed by atoms with Crippen molar-refractivity contribution in [3.8, 4) is 0 Å². The molecule has 2 heterocycles. The Morgan fingerprint density at radius 2 is 2.11 bits per heavy atom. The number of para-hydroxylation sites is 1. The molecule has 1 fully saturated rings. The number of aliphatic imine (C=N–C) groups is 1. The third-order valence-electron chi connectivity index (χ3n) is 4.77. The monoisotopic (exact) mass is 370 g/mol. The molecule has 0 radical (unpaired) electrons. The van der Waals surface area contributed by atoms with Gasteiger partial charge in [-0.1, -0.05) is 18.2 Å². The first kappa shape index (κ1) is 19.3. The van der Waals surface area contributed by atoms with Crippen molar-refractivity contribution in [2.45, 2.75) is 19.4 Å². The number of nitrogens with zero attached hydrogens (tertiary/aromatic N) is 2. The highest BCUT2D eigenvalue weighted by Crippen LogP contribution is 2.22. The lowest BCUT2D eigenvalue weighted by Gasteiger charge is -2.19. The third kappa shape index (κ3) is 6.32. The second-order valence-corrected chi connectivity index (χ2v) is 6.80. The zero-order valence-corrected chi connectivity index (χ0v) is 16.1. The Balaban J connectivity index is 1.27. The zero-order valence-electron chi connectivity index (χ0n) is 16.1. The number of anilines is 1. The van der Waals surface area contributed by atoms with Crippen LogP contribution in [-0.2, 0) is 11.3 Å². The fraction of sp³-hybridized carbons (Fsp3) is 0.476. The van der Waals surface area contributed by atoms with Crippen molar-refractivity contribution >= 4 is 11.6 Å². The van der Waals surface area contributed by atoms with E-state index in [1.165, 1.54) is 12.1 Å². The van der Waals surface area contributed by atoms with Gasteiger partial charge in [0, 0.05) is 45.5 Å². The highest BCUT2D eigenvalue weighted by Gasteiger charge is 2.22. The zero-order chi connectivity index (χ0) is 18.7. The lowest BCUT2D eigenvalue weighted by molar-refractivity contribution is 0.105. The summed E-state index contributed by atoms with van der Waals surface area (Å²) in [7, 11) is 1.81. The number of guanidine groups is 1.